The molecular weight excluding hydrogens is 110 g/mol. The van der Waals surface area contributed by atoms with Crippen LogP contribution in [0.5, 0.6) is 0 Å². The lowest BCUT2D eigenvalue weighted by atomic mass is 10.4. The van der Waals surface area contributed by atoms with Crippen LogP contribution >= 0.6 is 0 Å². The molecule has 0 saturated heterocycles. The zero-order chi connectivity index (χ0) is 5.28. The van der Waals surface area contributed by atoms with Crippen LogP contribution in [0.15, 0.2) is 4.36 Å². The highest BCUT2D eigenvalue weighted by atomic mass is 32.1. The largest absolute Gasteiger partial charge is 0.271 e. The van der Waals surface area contributed by atoms with Crippen LogP contribution in [0, 0.1) is 5.92 Å². The van der Waals surface area contributed by atoms with Crippen LogP contribution in [0.2, 0.25) is 0 Å². The first kappa shape index (κ1) is 4.84. The number of amides is 1. The highest BCUT2D eigenvalue weighted by Crippen LogP contribution is 2.29. The number of rotatable bonds is 1. The van der Waals surface area contributed by atoms with Crippen LogP contribution in [0.3, 0.4) is 0 Å². The number of nitrogens with zero attached hydrogens (tertiary/aromatic N) is 1. The topological polar surface area (TPSA) is 29.4 Å². The quantitative estimate of drug-likeness (QED) is 0.502. The van der Waals surface area contributed by atoms with E-state index in [0.717, 1.165) is 12.8 Å². The molecule has 0 aromatic carbocycles. The van der Waals surface area contributed by atoms with Crippen LogP contribution in [-0.4, -0.2) is 5.91 Å². The normalized spacial score (nSPS) is 18.9. The fraction of sp³-hybridized carbons (Fsp3) is 0.750. The first-order valence-electron chi connectivity index (χ1n) is 2.22. The van der Waals surface area contributed by atoms with Gasteiger partial charge in [0.15, 0.2) is 0 Å². The second-order valence-corrected chi connectivity index (χ2v) is 1.89. The smallest absolute Gasteiger partial charge is 0.260 e. The van der Waals surface area contributed by atoms with Crippen molar-refractivity contribution in [3.8, 4) is 0 Å². The average Bonchev–Trinajstić information content (AvgIpc) is 2.44. The minimum absolute atomic E-state index is 0.102. The van der Waals surface area contributed by atoms with Crippen molar-refractivity contribution in [2.24, 2.45) is 10.3 Å². The molecule has 2 nitrogen and oxygen atoms in total. The summed E-state index contributed by atoms with van der Waals surface area (Å²) in [5.74, 6) is 0.104. The molecule has 1 aliphatic rings. The Hall–Kier alpha value is -0.310. The second-order valence-electron chi connectivity index (χ2n) is 1.70. The summed E-state index contributed by atoms with van der Waals surface area (Å²) in [7, 11) is 0. The molecule has 1 amide bonds. The Bertz CT molecular complexity index is 108. The predicted molar refractivity (Wildman–Crippen MR) is 27.5 cm³/mol. The molecule has 0 bridgehead atoms. The fourth-order valence-electron chi connectivity index (χ4n) is 0.405. The van der Waals surface area contributed by atoms with Crippen LogP contribution in [0.4, 0.5) is 0 Å². The van der Waals surface area contributed by atoms with Gasteiger partial charge in [0.1, 0.15) is 0 Å². The monoisotopic (exact) mass is 115 g/mol. The zero-order valence-corrected chi connectivity index (χ0v) is 4.57. The molecule has 0 heterocycles. The Morgan fingerprint density at radius 2 is 2.29 bits per heavy atom. The van der Waals surface area contributed by atoms with Crippen LogP contribution in [-0.2, 0) is 17.2 Å². The van der Waals surface area contributed by atoms with E-state index < -0.39 is 0 Å². The van der Waals surface area contributed by atoms with Crippen molar-refractivity contribution in [2.45, 2.75) is 12.8 Å². The maximum absolute atomic E-state index is 10.3. The van der Waals surface area contributed by atoms with Gasteiger partial charge in [-0.1, -0.05) is 0 Å². The Kier molecular flexibility index (Phi) is 1.15. The summed E-state index contributed by atoms with van der Waals surface area (Å²) in [5, 5.41) is 0. The zero-order valence-electron chi connectivity index (χ0n) is 3.76. The number of carbonyl (C=O) groups excluding carboxylic acids is 1. The summed E-state index contributed by atoms with van der Waals surface area (Å²) in [4.78, 5) is 10.3. The molecular formula is C4H5NOS. The van der Waals surface area contributed by atoms with Gasteiger partial charge in [0.25, 0.3) is 5.91 Å². The van der Waals surface area contributed by atoms with Gasteiger partial charge in [-0.3, -0.25) is 4.79 Å². The van der Waals surface area contributed by atoms with E-state index in [2.05, 4.69) is 16.8 Å². The Morgan fingerprint density at radius 1 is 1.71 bits per heavy atom. The summed E-state index contributed by atoms with van der Waals surface area (Å²) in [6.45, 7) is 0. The maximum atomic E-state index is 10.3. The van der Waals surface area contributed by atoms with Gasteiger partial charge in [0, 0.05) is 18.3 Å². The Balaban J connectivity index is 2.37. The van der Waals surface area contributed by atoms with Gasteiger partial charge in [-0.2, -0.15) is 0 Å². The molecule has 3 heteroatoms. The van der Waals surface area contributed by atoms with Gasteiger partial charge in [0.05, 0.1) is 0 Å². The predicted octanol–water partition coefficient (Wildman–Crippen LogP) is 0.653. The molecule has 1 saturated carbocycles. The van der Waals surface area contributed by atoms with Crippen LogP contribution in [0.1, 0.15) is 12.8 Å². The van der Waals surface area contributed by atoms with E-state index in [0.29, 0.717) is 0 Å². The van der Waals surface area contributed by atoms with Crippen molar-refractivity contribution in [1.82, 2.24) is 0 Å². The molecule has 1 aliphatic carbocycles. The third-order valence-corrected chi connectivity index (χ3v) is 1.20. The Morgan fingerprint density at radius 3 is 2.43 bits per heavy atom. The van der Waals surface area contributed by atoms with Gasteiger partial charge >= 0.3 is 0 Å². The summed E-state index contributed by atoms with van der Waals surface area (Å²) in [5.41, 5.74) is 0. The van der Waals surface area contributed by atoms with Crippen molar-refractivity contribution in [2.75, 3.05) is 0 Å². The van der Waals surface area contributed by atoms with E-state index in [1.807, 2.05) is 0 Å². The molecule has 38 valence electrons. The molecule has 0 aromatic rings. The van der Waals surface area contributed by atoms with E-state index in [4.69, 9.17) is 0 Å². The van der Waals surface area contributed by atoms with E-state index in [1.165, 1.54) is 0 Å². The first-order valence-corrected chi connectivity index (χ1v) is 2.58. The fourth-order valence-corrected chi connectivity index (χ4v) is 0.554. The third kappa shape index (κ3) is 1.03. The van der Waals surface area contributed by atoms with Gasteiger partial charge in [0.2, 0.25) is 0 Å². The summed E-state index contributed by atoms with van der Waals surface area (Å²) in [6, 6.07) is 0. The standard InChI is InChI=1S/C4H5NOS/c6-4(5-7)3-1-2-3/h3H,1-2H2. The molecule has 0 atom stereocenters. The SMILES string of the molecule is O=C(N=S)C1CC1. The lowest BCUT2D eigenvalue weighted by molar-refractivity contribution is -0.118. The molecule has 0 aliphatic heterocycles. The van der Waals surface area contributed by atoms with E-state index >= 15 is 0 Å². The van der Waals surface area contributed by atoms with Crippen molar-refractivity contribution < 1.29 is 4.79 Å². The second kappa shape index (κ2) is 1.66. The number of hydrogen-bond acceptors (Lipinski definition) is 2. The minimum Gasteiger partial charge on any atom is -0.271 e. The molecule has 1 rings (SSSR count). The first-order chi connectivity index (χ1) is 3.34. The summed E-state index contributed by atoms with van der Waals surface area (Å²) >= 11 is 4.17. The molecule has 7 heavy (non-hydrogen) atoms. The van der Waals surface area contributed by atoms with Gasteiger partial charge in [-0.25, -0.2) is 0 Å². The Labute approximate surface area is 47.1 Å². The molecule has 0 unspecified atom stereocenters. The van der Waals surface area contributed by atoms with Gasteiger partial charge in [-0.05, 0) is 12.8 Å². The molecule has 0 spiro atoms. The molecule has 0 N–H and O–H groups in total. The molecule has 1 fully saturated rings. The summed E-state index contributed by atoms with van der Waals surface area (Å²) in [6.07, 6.45) is 2.00. The molecule has 0 radical (unpaired) electrons. The highest BCUT2D eigenvalue weighted by molar-refractivity contribution is 7.47. The van der Waals surface area contributed by atoms with Crippen molar-refractivity contribution >= 4 is 18.3 Å². The lowest BCUT2D eigenvalue weighted by Gasteiger charge is -1.76. The molecule has 0 aromatic heterocycles. The average molecular weight is 115 g/mol. The highest BCUT2D eigenvalue weighted by Gasteiger charge is 2.28. The number of carbonyl (C=O) groups is 1. The van der Waals surface area contributed by atoms with Crippen molar-refractivity contribution in [1.29, 1.82) is 0 Å². The van der Waals surface area contributed by atoms with Crippen LogP contribution in [0.25, 0.3) is 0 Å². The number of hydrogen-bond donors (Lipinski definition) is 0. The van der Waals surface area contributed by atoms with Crippen molar-refractivity contribution in [3.05, 3.63) is 0 Å². The third-order valence-electron chi connectivity index (χ3n) is 1.02. The van der Waals surface area contributed by atoms with Crippen LogP contribution < -0.4 is 0 Å². The van der Waals surface area contributed by atoms with Gasteiger partial charge < -0.3 is 0 Å². The lowest BCUT2D eigenvalue weighted by Crippen LogP contribution is -1.91. The maximum Gasteiger partial charge on any atom is 0.260 e. The minimum atomic E-state index is -0.102. The summed E-state index contributed by atoms with van der Waals surface area (Å²) < 4.78 is 3.09. The van der Waals surface area contributed by atoms with Gasteiger partial charge in [-0.15, -0.1) is 4.36 Å². The van der Waals surface area contributed by atoms with E-state index in [1.54, 1.807) is 0 Å². The van der Waals surface area contributed by atoms with E-state index in [9.17, 15) is 4.79 Å². The van der Waals surface area contributed by atoms with E-state index in [-0.39, 0.29) is 11.8 Å². The van der Waals surface area contributed by atoms with Crippen molar-refractivity contribution in [3.63, 3.8) is 0 Å².